The average Bonchev–Trinajstić information content (AvgIpc) is 2.26. The third-order valence-corrected chi connectivity index (χ3v) is 3.56. The smallest absolute Gasteiger partial charge is 0.320 e. The van der Waals surface area contributed by atoms with Crippen molar-refractivity contribution in [1.29, 1.82) is 0 Å². The molecular weight excluding hydrogens is 222 g/mol. The molecule has 1 fully saturated rings. The van der Waals surface area contributed by atoms with E-state index in [9.17, 15) is 4.79 Å². The maximum absolute atomic E-state index is 12.1. The van der Waals surface area contributed by atoms with Gasteiger partial charge in [-0.25, -0.2) is 4.79 Å². The third kappa shape index (κ3) is 3.07. The van der Waals surface area contributed by atoms with Crippen LogP contribution < -0.4 is 5.73 Å². The first-order chi connectivity index (χ1) is 7.43. The van der Waals surface area contributed by atoms with E-state index in [1.807, 2.05) is 11.8 Å². The molecule has 2 unspecified atom stereocenters. The van der Waals surface area contributed by atoms with Gasteiger partial charge in [0.2, 0.25) is 0 Å². The van der Waals surface area contributed by atoms with Gasteiger partial charge in [0.25, 0.3) is 0 Å². The van der Waals surface area contributed by atoms with E-state index in [2.05, 4.69) is 6.92 Å². The molecule has 1 aliphatic heterocycles. The minimum atomic E-state index is -0.181. The van der Waals surface area contributed by atoms with Gasteiger partial charge in [0, 0.05) is 20.1 Å². The molecule has 1 rings (SSSR count). The van der Waals surface area contributed by atoms with Crippen molar-refractivity contribution < 1.29 is 4.79 Å². The van der Waals surface area contributed by atoms with Crippen molar-refractivity contribution in [3.05, 3.63) is 0 Å². The summed E-state index contributed by atoms with van der Waals surface area (Å²) in [5, 5.41) is 0. The molecule has 2 amide bonds. The number of likely N-dealkylation sites (tertiary alicyclic amines) is 1. The standard InChI is InChI=1S/C11H21N3OS/c1-8-5-4-6-14(7-8)11(15)13(3)9(2)10(12)16/h8-9H,4-7H2,1-3H3,(H2,12,16). The Labute approximate surface area is 103 Å². The van der Waals surface area contributed by atoms with E-state index in [0.29, 0.717) is 10.9 Å². The number of carbonyl (C=O) groups is 1. The summed E-state index contributed by atoms with van der Waals surface area (Å²) in [6.45, 7) is 5.72. The SMILES string of the molecule is CC1CCCN(C(=O)N(C)C(C)C(N)=S)C1. The zero-order valence-corrected chi connectivity index (χ0v) is 11.1. The molecule has 5 heteroatoms. The van der Waals surface area contributed by atoms with Crippen molar-refractivity contribution in [3.8, 4) is 0 Å². The summed E-state index contributed by atoms with van der Waals surface area (Å²) in [7, 11) is 1.76. The molecular formula is C11H21N3OS. The van der Waals surface area contributed by atoms with Gasteiger partial charge in [0.1, 0.15) is 0 Å². The Morgan fingerprint density at radius 3 is 2.75 bits per heavy atom. The van der Waals surface area contributed by atoms with Crippen molar-refractivity contribution >= 4 is 23.2 Å². The molecule has 0 spiro atoms. The number of nitrogens with zero attached hydrogens (tertiary/aromatic N) is 2. The summed E-state index contributed by atoms with van der Waals surface area (Å²) < 4.78 is 0. The van der Waals surface area contributed by atoms with Gasteiger partial charge >= 0.3 is 6.03 Å². The van der Waals surface area contributed by atoms with E-state index < -0.39 is 0 Å². The number of carbonyl (C=O) groups excluding carboxylic acids is 1. The molecule has 0 bridgehead atoms. The number of hydrogen-bond donors (Lipinski definition) is 1. The molecule has 0 aromatic carbocycles. The van der Waals surface area contributed by atoms with Crippen LogP contribution in [0.3, 0.4) is 0 Å². The fraction of sp³-hybridized carbons (Fsp3) is 0.818. The molecule has 1 saturated heterocycles. The summed E-state index contributed by atoms with van der Waals surface area (Å²) >= 11 is 4.90. The normalized spacial score (nSPS) is 22.7. The van der Waals surface area contributed by atoms with E-state index >= 15 is 0 Å². The van der Waals surface area contributed by atoms with Gasteiger partial charge in [-0.3, -0.25) is 0 Å². The van der Waals surface area contributed by atoms with Gasteiger partial charge in [-0.05, 0) is 25.7 Å². The van der Waals surface area contributed by atoms with Crippen LogP contribution in [0.15, 0.2) is 0 Å². The molecule has 2 atom stereocenters. The van der Waals surface area contributed by atoms with E-state index in [4.69, 9.17) is 18.0 Å². The quantitative estimate of drug-likeness (QED) is 0.747. The van der Waals surface area contributed by atoms with Crippen molar-refractivity contribution in [3.63, 3.8) is 0 Å². The topological polar surface area (TPSA) is 49.6 Å². The van der Waals surface area contributed by atoms with Crippen LogP contribution in [0.1, 0.15) is 26.7 Å². The Morgan fingerprint density at radius 2 is 2.25 bits per heavy atom. The Kier molecular flexibility index (Phi) is 4.53. The van der Waals surface area contributed by atoms with Gasteiger partial charge in [0.05, 0.1) is 11.0 Å². The Balaban J connectivity index is 2.59. The predicted octanol–water partition coefficient (Wildman–Crippen LogP) is 1.44. The molecule has 0 aromatic heterocycles. The molecule has 4 nitrogen and oxygen atoms in total. The number of likely N-dealkylation sites (N-methyl/N-ethyl adjacent to an activating group) is 1. The molecule has 0 aromatic rings. The largest absolute Gasteiger partial charge is 0.392 e. The minimum absolute atomic E-state index is 0.0341. The maximum atomic E-state index is 12.1. The van der Waals surface area contributed by atoms with E-state index in [0.717, 1.165) is 19.5 Å². The second kappa shape index (κ2) is 5.48. The number of nitrogens with two attached hydrogens (primary N) is 1. The van der Waals surface area contributed by atoms with Crippen LogP contribution in [0.5, 0.6) is 0 Å². The lowest BCUT2D eigenvalue weighted by Crippen LogP contribution is -2.51. The lowest BCUT2D eigenvalue weighted by Gasteiger charge is -2.35. The predicted molar refractivity (Wildman–Crippen MR) is 69.4 cm³/mol. The lowest BCUT2D eigenvalue weighted by molar-refractivity contribution is 0.136. The lowest BCUT2D eigenvalue weighted by atomic mass is 10.0. The van der Waals surface area contributed by atoms with Crippen molar-refractivity contribution in [1.82, 2.24) is 9.80 Å². The molecule has 0 aliphatic carbocycles. The molecule has 2 N–H and O–H groups in total. The van der Waals surface area contributed by atoms with Crippen LogP contribution in [0.4, 0.5) is 4.79 Å². The second-order valence-corrected chi connectivity index (χ2v) is 5.14. The van der Waals surface area contributed by atoms with Crippen molar-refractivity contribution in [2.24, 2.45) is 11.7 Å². The van der Waals surface area contributed by atoms with Crippen LogP contribution in [-0.4, -0.2) is 47.0 Å². The monoisotopic (exact) mass is 243 g/mol. The first-order valence-corrected chi connectivity index (χ1v) is 6.15. The van der Waals surface area contributed by atoms with Gasteiger partial charge in [0.15, 0.2) is 0 Å². The summed E-state index contributed by atoms with van der Waals surface area (Å²) in [6, 6.07) is -0.147. The molecule has 92 valence electrons. The van der Waals surface area contributed by atoms with Crippen molar-refractivity contribution in [2.45, 2.75) is 32.7 Å². The fourth-order valence-electron chi connectivity index (χ4n) is 1.94. The van der Waals surface area contributed by atoms with E-state index in [1.54, 1.807) is 11.9 Å². The Bertz CT molecular complexity index is 282. The maximum Gasteiger partial charge on any atom is 0.320 e. The van der Waals surface area contributed by atoms with Gasteiger partial charge in [-0.1, -0.05) is 19.1 Å². The molecule has 16 heavy (non-hydrogen) atoms. The highest BCUT2D eigenvalue weighted by atomic mass is 32.1. The Hall–Kier alpha value is -0.840. The van der Waals surface area contributed by atoms with Crippen LogP contribution in [0, 0.1) is 5.92 Å². The molecule has 1 heterocycles. The van der Waals surface area contributed by atoms with Crippen molar-refractivity contribution in [2.75, 3.05) is 20.1 Å². The zero-order valence-electron chi connectivity index (χ0n) is 10.3. The third-order valence-electron chi connectivity index (χ3n) is 3.22. The molecule has 0 radical (unpaired) electrons. The van der Waals surface area contributed by atoms with E-state index in [-0.39, 0.29) is 12.1 Å². The minimum Gasteiger partial charge on any atom is -0.392 e. The van der Waals surface area contributed by atoms with E-state index in [1.165, 1.54) is 6.42 Å². The highest BCUT2D eigenvalue weighted by Crippen LogP contribution is 2.17. The fourth-order valence-corrected chi connectivity index (χ4v) is 2.10. The number of rotatable bonds is 2. The highest BCUT2D eigenvalue weighted by molar-refractivity contribution is 7.80. The highest BCUT2D eigenvalue weighted by Gasteiger charge is 2.26. The molecule has 0 saturated carbocycles. The van der Waals surface area contributed by atoms with Crippen LogP contribution in [0.2, 0.25) is 0 Å². The van der Waals surface area contributed by atoms with Crippen LogP contribution in [-0.2, 0) is 0 Å². The summed E-state index contributed by atoms with van der Waals surface area (Å²) in [5.74, 6) is 0.589. The van der Waals surface area contributed by atoms with Gasteiger partial charge < -0.3 is 15.5 Å². The summed E-state index contributed by atoms with van der Waals surface area (Å²) in [5.41, 5.74) is 5.55. The number of amides is 2. The van der Waals surface area contributed by atoms with Gasteiger partial charge in [-0.15, -0.1) is 0 Å². The average molecular weight is 243 g/mol. The number of piperidine rings is 1. The van der Waals surface area contributed by atoms with Crippen LogP contribution in [0.25, 0.3) is 0 Å². The number of hydrogen-bond acceptors (Lipinski definition) is 2. The van der Waals surface area contributed by atoms with Gasteiger partial charge in [-0.2, -0.15) is 0 Å². The summed E-state index contributed by atoms with van der Waals surface area (Å²) in [4.78, 5) is 16.0. The summed E-state index contributed by atoms with van der Waals surface area (Å²) in [6.07, 6.45) is 2.29. The number of urea groups is 1. The first-order valence-electron chi connectivity index (χ1n) is 5.74. The molecule has 1 aliphatic rings. The zero-order chi connectivity index (χ0) is 12.3. The number of thiocarbonyl (C=S) groups is 1. The second-order valence-electron chi connectivity index (χ2n) is 4.67. The Morgan fingerprint density at radius 1 is 1.62 bits per heavy atom. The first kappa shape index (κ1) is 13.2. The van der Waals surface area contributed by atoms with Crippen LogP contribution >= 0.6 is 12.2 Å².